The minimum atomic E-state index is -0.0948. The molecule has 92 valence electrons. The third-order valence-corrected chi connectivity index (χ3v) is 3.55. The van der Waals surface area contributed by atoms with Crippen LogP contribution in [0, 0.1) is 13.8 Å². The van der Waals surface area contributed by atoms with Gasteiger partial charge in [-0.25, -0.2) is 0 Å². The number of nitrogens with one attached hydrogen (secondary N) is 1. The molecule has 17 heavy (non-hydrogen) atoms. The Hall–Kier alpha value is -1.35. The van der Waals surface area contributed by atoms with E-state index in [2.05, 4.69) is 31.3 Å². The van der Waals surface area contributed by atoms with Crippen LogP contribution >= 0.6 is 0 Å². The highest BCUT2D eigenvalue weighted by atomic mass is 16.2. The Labute approximate surface area is 103 Å². The summed E-state index contributed by atoms with van der Waals surface area (Å²) in [5.41, 5.74) is 5.18. The summed E-state index contributed by atoms with van der Waals surface area (Å²) in [4.78, 5) is 13.9. The maximum atomic E-state index is 12.1. The van der Waals surface area contributed by atoms with E-state index in [-0.39, 0.29) is 11.9 Å². The highest BCUT2D eigenvalue weighted by molar-refractivity contribution is 5.82. The van der Waals surface area contributed by atoms with Crippen LogP contribution in [0.5, 0.6) is 0 Å². The molecule has 1 aromatic carbocycles. The van der Waals surface area contributed by atoms with Gasteiger partial charge in [0.05, 0.1) is 6.04 Å². The van der Waals surface area contributed by atoms with Crippen LogP contribution in [0.4, 0.5) is 0 Å². The molecule has 2 rings (SSSR count). The van der Waals surface area contributed by atoms with Gasteiger partial charge in [-0.1, -0.05) is 17.7 Å². The van der Waals surface area contributed by atoms with E-state index in [1.54, 1.807) is 0 Å². The Morgan fingerprint density at radius 2 is 2.06 bits per heavy atom. The van der Waals surface area contributed by atoms with Gasteiger partial charge in [-0.2, -0.15) is 0 Å². The number of amides is 1. The minimum Gasteiger partial charge on any atom is -0.340 e. The molecule has 1 atom stereocenters. The summed E-state index contributed by atoms with van der Waals surface area (Å²) in [6.45, 7) is 4.96. The molecule has 1 heterocycles. The molecule has 1 aliphatic heterocycles. The van der Waals surface area contributed by atoms with Crippen molar-refractivity contribution in [1.29, 1.82) is 0 Å². The first-order valence-corrected chi connectivity index (χ1v) is 6.04. The van der Waals surface area contributed by atoms with E-state index < -0.39 is 0 Å². The molecule has 1 aromatic rings. The molecule has 0 bridgehead atoms. The maximum Gasteiger partial charge on any atom is 0.240 e. The van der Waals surface area contributed by atoms with E-state index in [1.165, 1.54) is 22.3 Å². The Balaban J connectivity index is 2.48. The fourth-order valence-electron chi connectivity index (χ4n) is 2.64. The molecular formula is C14H20N2O. The van der Waals surface area contributed by atoms with Gasteiger partial charge in [0.2, 0.25) is 5.91 Å². The van der Waals surface area contributed by atoms with E-state index >= 15 is 0 Å². The number of hydrogen-bond acceptors (Lipinski definition) is 2. The van der Waals surface area contributed by atoms with Crippen LogP contribution in [-0.2, 0) is 17.8 Å². The molecule has 3 nitrogen and oxygen atoms in total. The van der Waals surface area contributed by atoms with Crippen molar-refractivity contribution in [3.05, 3.63) is 34.4 Å². The van der Waals surface area contributed by atoms with E-state index in [1.807, 2.05) is 19.0 Å². The molecule has 1 amide bonds. The van der Waals surface area contributed by atoms with Crippen molar-refractivity contribution >= 4 is 5.91 Å². The lowest BCUT2D eigenvalue weighted by Gasteiger charge is -2.19. The van der Waals surface area contributed by atoms with Gasteiger partial charge < -0.3 is 10.2 Å². The predicted molar refractivity (Wildman–Crippen MR) is 68.9 cm³/mol. The van der Waals surface area contributed by atoms with Crippen molar-refractivity contribution in [2.75, 3.05) is 14.1 Å². The molecule has 0 spiro atoms. The van der Waals surface area contributed by atoms with Gasteiger partial charge in [0.15, 0.2) is 0 Å². The molecule has 0 saturated heterocycles. The topological polar surface area (TPSA) is 32.3 Å². The number of likely N-dealkylation sites (N-methyl/N-ethyl adjacent to an activating group) is 2. The second-order valence-electron chi connectivity index (χ2n) is 4.96. The maximum absolute atomic E-state index is 12.1. The smallest absolute Gasteiger partial charge is 0.240 e. The van der Waals surface area contributed by atoms with Crippen molar-refractivity contribution in [1.82, 2.24) is 10.2 Å². The van der Waals surface area contributed by atoms with Crippen molar-refractivity contribution in [3.8, 4) is 0 Å². The van der Waals surface area contributed by atoms with Crippen LogP contribution in [0.1, 0.15) is 22.3 Å². The fourth-order valence-corrected chi connectivity index (χ4v) is 2.64. The normalized spacial score (nSPS) is 20.1. The summed E-state index contributed by atoms with van der Waals surface area (Å²) in [5, 5.41) is 3.12. The highest BCUT2D eigenvalue weighted by Crippen LogP contribution is 2.23. The number of nitrogens with zero attached hydrogens (tertiary/aromatic N) is 1. The highest BCUT2D eigenvalue weighted by Gasteiger charge is 2.27. The molecule has 0 saturated carbocycles. The second kappa shape index (κ2) is 4.49. The summed E-state index contributed by atoms with van der Waals surface area (Å²) >= 11 is 0. The van der Waals surface area contributed by atoms with Crippen LogP contribution in [0.25, 0.3) is 0 Å². The number of carbonyl (C=O) groups excluding carboxylic acids is 1. The SMILES string of the molecule is CN[C@H]1Cc2c(C)cc(C)cc2CN(C)C1=O. The standard InChI is InChI=1S/C14H20N2O/c1-9-5-10(2)12-7-13(15-3)14(17)16(4)8-11(12)6-9/h5-6,13,15H,7-8H2,1-4H3/t13-/m0/s1. The Morgan fingerprint density at radius 1 is 1.35 bits per heavy atom. The summed E-state index contributed by atoms with van der Waals surface area (Å²) in [6.07, 6.45) is 0.793. The van der Waals surface area contributed by atoms with E-state index in [0.717, 1.165) is 13.0 Å². The van der Waals surface area contributed by atoms with Crippen LogP contribution in [0.3, 0.4) is 0 Å². The number of rotatable bonds is 1. The lowest BCUT2D eigenvalue weighted by Crippen LogP contribution is -2.42. The van der Waals surface area contributed by atoms with Crippen molar-refractivity contribution in [2.45, 2.75) is 32.9 Å². The monoisotopic (exact) mass is 232 g/mol. The fraction of sp³-hybridized carbons (Fsp3) is 0.500. The zero-order valence-electron chi connectivity index (χ0n) is 11.0. The van der Waals surface area contributed by atoms with Gasteiger partial charge >= 0.3 is 0 Å². The first-order chi connectivity index (χ1) is 8.02. The molecule has 3 heteroatoms. The molecule has 0 aromatic heterocycles. The van der Waals surface area contributed by atoms with Gasteiger partial charge in [0.1, 0.15) is 0 Å². The molecule has 0 radical (unpaired) electrons. The van der Waals surface area contributed by atoms with Crippen molar-refractivity contribution < 1.29 is 4.79 Å². The third-order valence-electron chi connectivity index (χ3n) is 3.55. The average Bonchev–Trinajstić information content (AvgIpc) is 2.37. The largest absolute Gasteiger partial charge is 0.340 e. The number of benzene rings is 1. The Bertz CT molecular complexity index is 454. The van der Waals surface area contributed by atoms with Crippen molar-refractivity contribution in [3.63, 3.8) is 0 Å². The van der Waals surface area contributed by atoms with E-state index in [9.17, 15) is 4.79 Å². The van der Waals surface area contributed by atoms with Gasteiger partial charge in [0, 0.05) is 13.6 Å². The van der Waals surface area contributed by atoms with Crippen LogP contribution in [0.15, 0.2) is 12.1 Å². The zero-order chi connectivity index (χ0) is 12.6. The number of fused-ring (bicyclic) bond motifs is 1. The quantitative estimate of drug-likeness (QED) is 0.794. The lowest BCUT2D eigenvalue weighted by atomic mass is 9.95. The number of hydrogen-bond donors (Lipinski definition) is 1. The zero-order valence-corrected chi connectivity index (χ0v) is 11.0. The molecule has 0 unspecified atom stereocenters. The van der Waals surface area contributed by atoms with Crippen LogP contribution in [-0.4, -0.2) is 30.9 Å². The van der Waals surface area contributed by atoms with Gasteiger partial charge in [-0.3, -0.25) is 4.79 Å². The van der Waals surface area contributed by atoms with Crippen LogP contribution in [0.2, 0.25) is 0 Å². The molecule has 1 N–H and O–H groups in total. The molecule has 0 fully saturated rings. The predicted octanol–water partition coefficient (Wildman–Crippen LogP) is 1.41. The first kappa shape index (κ1) is 12.1. The molecule has 1 aliphatic rings. The third kappa shape index (κ3) is 2.20. The summed E-state index contributed by atoms with van der Waals surface area (Å²) in [5.74, 6) is 0.181. The van der Waals surface area contributed by atoms with Crippen LogP contribution < -0.4 is 5.32 Å². The van der Waals surface area contributed by atoms with Gasteiger partial charge in [-0.05, 0) is 44.0 Å². The van der Waals surface area contributed by atoms with E-state index in [0.29, 0.717) is 0 Å². The molecule has 0 aliphatic carbocycles. The number of carbonyl (C=O) groups is 1. The number of aryl methyl sites for hydroxylation is 2. The van der Waals surface area contributed by atoms with Crippen molar-refractivity contribution in [2.24, 2.45) is 0 Å². The second-order valence-corrected chi connectivity index (χ2v) is 4.96. The van der Waals surface area contributed by atoms with Gasteiger partial charge in [0.25, 0.3) is 0 Å². The Morgan fingerprint density at radius 3 is 2.71 bits per heavy atom. The first-order valence-electron chi connectivity index (χ1n) is 6.04. The Kier molecular flexibility index (Phi) is 3.20. The molecular weight excluding hydrogens is 212 g/mol. The van der Waals surface area contributed by atoms with E-state index in [4.69, 9.17) is 0 Å². The minimum absolute atomic E-state index is 0.0948. The summed E-state index contributed by atoms with van der Waals surface area (Å²) in [6, 6.07) is 4.30. The average molecular weight is 232 g/mol. The summed E-state index contributed by atoms with van der Waals surface area (Å²) in [7, 11) is 3.73. The summed E-state index contributed by atoms with van der Waals surface area (Å²) < 4.78 is 0. The lowest BCUT2D eigenvalue weighted by molar-refractivity contribution is -0.132. The van der Waals surface area contributed by atoms with Gasteiger partial charge in [-0.15, -0.1) is 0 Å².